The summed E-state index contributed by atoms with van der Waals surface area (Å²) in [6.45, 7) is 2.95. The highest BCUT2D eigenvalue weighted by Crippen LogP contribution is 2.23. The van der Waals surface area contributed by atoms with Crippen LogP contribution in [-0.4, -0.2) is 22.6 Å². The van der Waals surface area contributed by atoms with Crippen molar-refractivity contribution in [1.82, 2.24) is 9.97 Å². The molecule has 0 radical (unpaired) electrons. The Morgan fingerprint density at radius 3 is 2.85 bits per heavy atom. The Labute approximate surface area is 121 Å². The van der Waals surface area contributed by atoms with Crippen LogP contribution in [0.15, 0.2) is 48.1 Å². The fraction of sp³-hybridized carbons (Fsp3) is 0.200. The normalized spacial score (nSPS) is 12.2. The van der Waals surface area contributed by atoms with Crippen LogP contribution in [0.2, 0.25) is 0 Å². The number of nitrogens with one attached hydrogen (secondary N) is 2. The number of hydrogen-bond donors (Lipinski definition) is 2. The molecule has 3 rings (SSSR count). The van der Waals surface area contributed by atoms with E-state index in [1.165, 1.54) is 0 Å². The number of thiophene rings is 1. The Morgan fingerprint density at radius 2 is 2.00 bits per heavy atom. The van der Waals surface area contributed by atoms with Gasteiger partial charge < -0.3 is 10.6 Å². The summed E-state index contributed by atoms with van der Waals surface area (Å²) in [5, 5.41) is 9.96. The van der Waals surface area contributed by atoms with Gasteiger partial charge in [-0.25, -0.2) is 9.97 Å². The maximum Gasteiger partial charge on any atom is 0.138 e. The average molecular weight is 284 g/mol. The molecule has 1 unspecified atom stereocenters. The molecule has 1 atom stereocenters. The van der Waals surface area contributed by atoms with Crippen LogP contribution in [-0.2, 0) is 0 Å². The van der Waals surface area contributed by atoms with Crippen molar-refractivity contribution in [3.8, 4) is 0 Å². The molecule has 3 aromatic rings. The first-order chi connectivity index (χ1) is 9.83. The summed E-state index contributed by atoms with van der Waals surface area (Å²) in [6.07, 6.45) is 1.61. The zero-order chi connectivity index (χ0) is 13.8. The molecule has 4 nitrogen and oxygen atoms in total. The van der Waals surface area contributed by atoms with E-state index >= 15 is 0 Å². The molecule has 102 valence electrons. The zero-order valence-electron chi connectivity index (χ0n) is 11.2. The van der Waals surface area contributed by atoms with Crippen LogP contribution in [0.3, 0.4) is 0 Å². The number of nitrogens with zero attached hydrogens (tertiary/aromatic N) is 2. The number of benzene rings is 1. The third-order valence-electron chi connectivity index (χ3n) is 3.02. The van der Waals surface area contributed by atoms with Gasteiger partial charge >= 0.3 is 0 Å². The summed E-state index contributed by atoms with van der Waals surface area (Å²) in [5.74, 6) is 0.901. The van der Waals surface area contributed by atoms with E-state index in [9.17, 15) is 0 Å². The minimum Gasteiger partial charge on any atom is -0.381 e. The van der Waals surface area contributed by atoms with E-state index < -0.39 is 0 Å². The molecule has 5 heteroatoms. The van der Waals surface area contributed by atoms with Crippen LogP contribution < -0.4 is 10.6 Å². The van der Waals surface area contributed by atoms with Crippen molar-refractivity contribution in [2.24, 2.45) is 0 Å². The zero-order valence-corrected chi connectivity index (χ0v) is 12.0. The Bertz CT molecular complexity index is 680. The first-order valence-electron chi connectivity index (χ1n) is 6.56. The number of hydrogen-bond acceptors (Lipinski definition) is 5. The van der Waals surface area contributed by atoms with E-state index in [0.717, 1.165) is 28.3 Å². The van der Waals surface area contributed by atoms with E-state index in [-0.39, 0.29) is 0 Å². The molecule has 0 bridgehead atoms. The minimum atomic E-state index is 0.307. The van der Waals surface area contributed by atoms with E-state index in [0.29, 0.717) is 6.04 Å². The molecule has 2 N–H and O–H groups in total. The van der Waals surface area contributed by atoms with E-state index in [4.69, 9.17) is 0 Å². The topological polar surface area (TPSA) is 49.8 Å². The molecule has 0 aliphatic carbocycles. The van der Waals surface area contributed by atoms with Crippen LogP contribution in [0.25, 0.3) is 10.2 Å². The summed E-state index contributed by atoms with van der Waals surface area (Å²) in [6, 6.07) is 12.6. The van der Waals surface area contributed by atoms with Gasteiger partial charge in [0.15, 0.2) is 0 Å². The maximum absolute atomic E-state index is 4.31. The second kappa shape index (κ2) is 5.88. The number of aromatic nitrogens is 2. The van der Waals surface area contributed by atoms with Crippen LogP contribution in [0.5, 0.6) is 0 Å². The quantitative estimate of drug-likeness (QED) is 0.751. The standard InChI is InChI=1S/C15H16N4S/c1-11(19-12-5-3-2-4-6-12)9-16-14-13-7-8-20-15(13)18-10-17-14/h2-8,10-11,19H,9H2,1H3,(H,16,17,18). The molecule has 0 aliphatic rings. The average Bonchev–Trinajstić information content (AvgIpc) is 2.95. The van der Waals surface area contributed by atoms with Crippen molar-refractivity contribution in [3.05, 3.63) is 48.1 Å². The summed E-state index contributed by atoms with van der Waals surface area (Å²) < 4.78 is 0. The van der Waals surface area contributed by atoms with Gasteiger partial charge in [0, 0.05) is 18.3 Å². The number of anilines is 2. The van der Waals surface area contributed by atoms with Crippen molar-refractivity contribution in [3.63, 3.8) is 0 Å². The van der Waals surface area contributed by atoms with Crippen molar-refractivity contribution >= 4 is 33.1 Å². The third-order valence-corrected chi connectivity index (χ3v) is 3.85. The molecule has 0 aliphatic heterocycles. The van der Waals surface area contributed by atoms with Gasteiger partial charge in [-0.05, 0) is 30.5 Å². The van der Waals surface area contributed by atoms with Crippen LogP contribution >= 0.6 is 11.3 Å². The number of rotatable bonds is 5. The largest absolute Gasteiger partial charge is 0.381 e. The monoisotopic (exact) mass is 284 g/mol. The molecule has 0 saturated heterocycles. The van der Waals surface area contributed by atoms with Crippen molar-refractivity contribution in [2.75, 3.05) is 17.2 Å². The molecule has 1 aromatic carbocycles. The van der Waals surface area contributed by atoms with Gasteiger partial charge in [-0.1, -0.05) is 18.2 Å². The van der Waals surface area contributed by atoms with Crippen LogP contribution in [0.1, 0.15) is 6.92 Å². The van der Waals surface area contributed by atoms with Crippen molar-refractivity contribution in [1.29, 1.82) is 0 Å². The Kier molecular flexibility index (Phi) is 3.78. The molecule has 0 saturated carbocycles. The smallest absolute Gasteiger partial charge is 0.138 e. The Hall–Kier alpha value is -2.14. The Balaban J connectivity index is 1.63. The highest BCUT2D eigenvalue weighted by atomic mass is 32.1. The summed E-state index contributed by atoms with van der Waals surface area (Å²) in [7, 11) is 0. The molecular weight excluding hydrogens is 268 g/mol. The molecule has 2 heterocycles. The molecule has 0 spiro atoms. The summed E-state index contributed by atoms with van der Waals surface area (Å²) >= 11 is 1.63. The summed E-state index contributed by atoms with van der Waals surface area (Å²) in [5.41, 5.74) is 1.13. The first kappa shape index (κ1) is 12.9. The van der Waals surface area contributed by atoms with Gasteiger partial charge in [-0.15, -0.1) is 11.3 Å². The second-order valence-corrected chi connectivity index (χ2v) is 5.55. The van der Waals surface area contributed by atoms with Gasteiger partial charge in [0.1, 0.15) is 17.0 Å². The highest BCUT2D eigenvalue weighted by molar-refractivity contribution is 7.16. The molecular formula is C15H16N4S. The lowest BCUT2D eigenvalue weighted by Crippen LogP contribution is -2.25. The minimum absolute atomic E-state index is 0.307. The summed E-state index contributed by atoms with van der Waals surface area (Å²) in [4.78, 5) is 9.58. The van der Waals surface area contributed by atoms with E-state index in [1.54, 1.807) is 17.7 Å². The predicted molar refractivity (Wildman–Crippen MR) is 85.4 cm³/mol. The number of para-hydroxylation sites is 1. The van der Waals surface area contributed by atoms with Gasteiger partial charge in [-0.2, -0.15) is 0 Å². The van der Waals surface area contributed by atoms with E-state index in [2.05, 4.69) is 45.7 Å². The van der Waals surface area contributed by atoms with Gasteiger partial charge in [0.05, 0.1) is 5.39 Å². The SMILES string of the molecule is CC(CNc1ncnc2sccc12)Nc1ccccc1. The van der Waals surface area contributed by atoms with Gasteiger partial charge in [-0.3, -0.25) is 0 Å². The highest BCUT2D eigenvalue weighted by Gasteiger charge is 2.06. The molecule has 0 fully saturated rings. The number of fused-ring (bicyclic) bond motifs is 1. The van der Waals surface area contributed by atoms with Crippen LogP contribution in [0, 0.1) is 0 Å². The molecule has 20 heavy (non-hydrogen) atoms. The van der Waals surface area contributed by atoms with E-state index in [1.807, 2.05) is 23.6 Å². The lowest BCUT2D eigenvalue weighted by Gasteiger charge is -2.16. The lowest BCUT2D eigenvalue weighted by atomic mass is 10.2. The van der Waals surface area contributed by atoms with Crippen LogP contribution in [0.4, 0.5) is 11.5 Å². The fourth-order valence-corrected chi connectivity index (χ4v) is 2.78. The Morgan fingerprint density at radius 1 is 1.15 bits per heavy atom. The molecule has 0 amide bonds. The predicted octanol–water partition coefficient (Wildman–Crippen LogP) is 3.60. The van der Waals surface area contributed by atoms with Crippen molar-refractivity contribution < 1.29 is 0 Å². The second-order valence-electron chi connectivity index (χ2n) is 4.65. The van der Waals surface area contributed by atoms with Crippen molar-refractivity contribution in [2.45, 2.75) is 13.0 Å². The fourth-order valence-electron chi connectivity index (χ4n) is 2.05. The lowest BCUT2D eigenvalue weighted by molar-refractivity contribution is 0.832. The first-order valence-corrected chi connectivity index (χ1v) is 7.44. The maximum atomic E-state index is 4.31. The molecule has 2 aromatic heterocycles. The van der Waals surface area contributed by atoms with Gasteiger partial charge in [0.2, 0.25) is 0 Å². The third kappa shape index (κ3) is 2.88. The van der Waals surface area contributed by atoms with Gasteiger partial charge in [0.25, 0.3) is 0 Å².